The smallest absolute Gasteiger partial charge is 0.316 e. The van der Waals surface area contributed by atoms with Crippen molar-refractivity contribution in [3.8, 4) is 30.1 Å². The predicted octanol–water partition coefficient (Wildman–Crippen LogP) is 5.91. The van der Waals surface area contributed by atoms with Gasteiger partial charge < -0.3 is 20.2 Å². The first-order chi connectivity index (χ1) is 18.4. The summed E-state index contributed by atoms with van der Waals surface area (Å²) in [5.74, 6) is 0.0424. The van der Waals surface area contributed by atoms with E-state index < -0.39 is 14.5 Å². The minimum Gasteiger partial charge on any atom is -0.494 e. The summed E-state index contributed by atoms with van der Waals surface area (Å²) < 4.78 is 37.1. The molecule has 202 valence electrons. The van der Waals surface area contributed by atoms with Gasteiger partial charge in [0.1, 0.15) is 23.0 Å². The SMILES string of the molecule is C#C.CC.CN.COc1ccc(-c2nc(C(=O)NCc3c(C)cncc3Cl)co2)c2ccc(P(F)F)nc12. The third kappa shape index (κ3) is 7.68. The number of terminal acetylenes is 1. The highest BCUT2D eigenvalue weighted by Gasteiger charge is 2.19. The molecule has 0 unspecified atom stereocenters. The van der Waals surface area contributed by atoms with Gasteiger partial charge in [-0.2, -0.15) is 8.39 Å². The molecule has 0 radical (unpaired) electrons. The lowest BCUT2D eigenvalue weighted by Crippen LogP contribution is -2.23. The van der Waals surface area contributed by atoms with Crippen LogP contribution in [0, 0.1) is 19.8 Å². The van der Waals surface area contributed by atoms with Crippen LogP contribution in [-0.2, 0) is 6.54 Å². The number of amides is 1. The molecule has 0 aliphatic heterocycles. The van der Waals surface area contributed by atoms with Gasteiger partial charge in [-0.05, 0) is 49.4 Å². The van der Waals surface area contributed by atoms with Crippen molar-refractivity contribution >= 4 is 42.4 Å². The number of aryl methyl sites for hydroxylation is 1. The number of carbonyl (C=O) groups is 1. The average molecular weight is 564 g/mol. The van der Waals surface area contributed by atoms with Gasteiger partial charge in [-0.3, -0.25) is 9.78 Å². The Kier molecular flexibility index (Phi) is 13.9. The molecule has 1 amide bonds. The Balaban J connectivity index is 0.00000112. The van der Waals surface area contributed by atoms with Gasteiger partial charge in [0.2, 0.25) is 5.89 Å². The Morgan fingerprint density at radius 3 is 2.45 bits per heavy atom. The molecule has 8 nitrogen and oxygen atoms in total. The van der Waals surface area contributed by atoms with Crippen LogP contribution >= 0.6 is 20.1 Å². The topological polar surface area (TPSA) is 116 Å². The lowest BCUT2D eigenvalue weighted by atomic mass is 10.1. The number of hydrogen-bond acceptors (Lipinski definition) is 7. The summed E-state index contributed by atoms with van der Waals surface area (Å²) in [5.41, 5.74) is 6.61. The van der Waals surface area contributed by atoms with Gasteiger partial charge in [-0.15, -0.1) is 12.8 Å². The molecule has 3 aromatic heterocycles. The van der Waals surface area contributed by atoms with Gasteiger partial charge in [-0.25, -0.2) is 9.97 Å². The molecule has 0 fully saturated rings. The van der Waals surface area contributed by atoms with Crippen LogP contribution in [0.1, 0.15) is 35.5 Å². The number of aromatic nitrogens is 3. The van der Waals surface area contributed by atoms with Crippen molar-refractivity contribution in [2.45, 2.75) is 27.3 Å². The van der Waals surface area contributed by atoms with Crippen LogP contribution in [-0.4, -0.2) is 35.0 Å². The molecule has 0 atom stereocenters. The summed E-state index contributed by atoms with van der Waals surface area (Å²) in [6, 6.07) is 6.03. The molecule has 0 aliphatic carbocycles. The number of nitrogens with zero attached hydrogens (tertiary/aromatic N) is 3. The number of pyridine rings is 2. The number of fused-ring (bicyclic) bond motifs is 1. The van der Waals surface area contributed by atoms with E-state index in [-0.39, 0.29) is 29.1 Å². The van der Waals surface area contributed by atoms with Crippen molar-refractivity contribution in [3.05, 3.63) is 64.8 Å². The molecular weight excluding hydrogens is 535 g/mol. The summed E-state index contributed by atoms with van der Waals surface area (Å²) in [6.45, 7) is 6.04. The van der Waals surface area contributed by atoms with Crippen LogP contribution in [0.25, 0.3) is 22.4 Å². The van der Waals surface area contributed by atoms with Crippen LogP contribution in [0.2, 0.25) is 5.02 Å². The molecule has 4 aromatic rings. The van der Waals surface area contributed by atoms with E-state index in [4.69, 9.17) is 20.8 Å². The quantitative estimate of drug-likeness (QED) is 0.221. The predicted molar refractivity (Wildman–Crippen MR) is 149 cm³/mol. The van der Waals surface area contributed by atoms with E-state index in [0.29, 0.717) is 21.7 Å². The van der Waals surface area contributed by atoms with Crippen LogP contribution in [0.3, 0.4) is 0 Å². The first-order valence-electron chi connectivity index (χ1n) is 11.2. The zero-order valence-corrected chi connectivity index (χ0v) is 23.3. The lowest BCUT2D eigenvalue weighted by molar-refractivity contribution is 0.0946. The number of methoxy groups -OCH3 is 1. The number of carbonyl (C=O) groups excluding carboxylic acids is 1. The second kappa shape index (κ2) is 16.3. The summed E-state index contributed by atoms with van der Waals surface area (Å²) in [7, 11) is -0.424. The summed E-state index contributed by atoms with van der Waals surface area (Å²) in [6.07, 6.45) is 12.4. The van der Waals surface area contributed by atoms with Crippen molar-refractivity contribution < 1.29 is 22.3 Å². The van der Waals surface area contributed by atoms with Crippen LogP contribution < -0.4 is 21.2 Å². The molecule has 0 saturated carbocycles. The van der Waals surface area contributed by atoms with Gasteiger partial charge in [0.25, 0.3) is 5.91 Å². The largest absolute Gasteiger partial charge is 0.494 e. The Bertz CT molecular complexity index is 1350. The monoisotopic (exact) mass is 563 g/mol. The maximum Gasteiger partial charge on any atom is 0.316 e. The first-order valence-corrected chi connectivity index (χ1v) is 12.7. The van der Waals surface area contributed by atoms with Crippen molar-refractivity contribution in [3.63, 3.8) is 0 Å². The molecule has 3 heterocycles. The van der Waals surface area contributed by atoms with E-state index in [9.17, 15) is 13.2 Å². The Morgan fingerprint density at radius 2 is 1.84 bits per heavy atom. The number of nitrogens with two attached hydrogens (primary N) is 1. The Morgan fingerprint density at radius 1 is 1.16 bits per heavy atom. The third-order valence-electron chi connectivity index (χ3n) is 4.81. The molecule has 4 rings (SSSR count). The minimum absolute atomic E-state index is 0.0624. The standard InChI is InChI=1S/C21H16ClF2N4O3P.C2H6.C2H2.CH5N/c1-11-7-25-9-15(22)14(11)8-26-20(29)16-10-31-21(27-16)13-3-5-17(30-2)19-12(13)4-6-18(28-19)32(23)24;3*1-2/h3-7,9-10H,8H2,1-2H3,(H,26,29);1-2H3;1-2H;2H2,1H3. The van der Waals surface area contributed by atoms with Gasteiger partial charge in [0.15, 0.2) is 5.69 Å². The number of halogens is 3. The van der Waals surface area contributed by atoms with Crippen LogP contribution in [0.5, 0.6) is 5.75 Å². The number of rotatable bonds is 6. The molecule has 3 N–H and O–H groups in total. The normalized spacial score (nSPS) is 9.79. The maximum absolute atomic E-state index is 13.2. The minimum atomic E-state index is -3.35. The molecular formula is C26H29ClF2N5O3P. The highest BCUT2D eigenvalue weighted by atomic mass is 35.5. The van der Waals surface area contributed by atoms with E-state index in [1.807, 2.05) is 20.8 Å². The highest BCUT2D eigenvalue weighted by molar-refractivity contribution is 7.54. The zero-order chi connectivity index (χ0) is 28.8. The van der Waals surface area contributed by atoms with Crippen LogP contribution in [0.4, 0.5) is 8.39 Å². The van der Waals surface area contributed by atoms with Crippen molar-refractivity contribution in [2.75, 3.05) is 14.2 Å². The third-order valence-corrected chi connectivity index (χ3v) is 5.73. The molecule has 0 saturated heterocycles. The number of nitrogens with one attached hydrogen (secondary N) is 1. The molecule has 0 bridgehead atoms. The zero-order valence-electron chi connectivity index (χ0n) is 21.6. The van der Waals surface area contributed by atoms with Gasteiger partial charge in [0.05, 0.1) is 12.1 Å². The van der Waals surface area contributed by atoms with Crippen molar-refractivity contribution in [2.24, 2.45) is 5.73 Å². The maximum atomic E-state index is 13.2. The fourth-order valence-electron chi connectivity index (χ4n) is 3.17. The van der Waals surface area contributed by atoms with E-state index in [2.05, 4.69) is 38.8 Å². The average Bonchev–Trinajstić information content (AvgIpc) is 3.45. The highest BCUT2D eigenvalue weighted by Crippen LogP contribution is 2.39. The van der Waals surface area contributed by atoms with Crippen LogP contribution in [0.15, 0.2) is 47.3 Å². The number of hydrogen-bond donors (Lipinski definition) is 2. The first kappa shape index (κ1) is 32.4. The molecule has 0 aliphatic rings. The van der Waals surface area contributed by atoms with Gasteiger partial charge >= 0.3 is 8.54 Å². The van der Waals surface area contributed by atoms with Gasteiger partial charge in [-0.1, -0.05) is 25.4 Å². The molecule has 12 heteroatoms. The summed E-state index contributed by atoms with van der Waals surface area (Å²) in [4.78, 5) is 24.9. The summed E-state index contributed by atoms with van der Waals surface area (Å²) >= 11 is 6.14. The fourth-order valence-corrected chi connectivity index (χ4v) is 3.81. The second-order valence-corrected chi connectivity index (χ2v) is 8.08. The van der Waals surface area contributed by atoms with Gasteiger partial charge in [0, 0.05) is 29.9 Å². The number of ether oxygens (including phenoxy) is 1. The number of oxazole rings is 1. The van der Waals surface area contributed by atoms with E-state index >= 15 is 0 Å². The van der Waals surface area contributed by atoms with E-state index in [1.54, 1.807) is 18.3 Å². The summed E-state index contributed by atoms with van der Waals surface area (Å²) in [5, 5.41) is 3.71. The Hall–Kier alpha value is -3.64. The fraction of sp³-hybridized carbons (Fsp3) is 0.231. The molecule has 38 heavy (non-hydrogen) atoms. The second-order valence-electron chi connectivity index (χ2n) is 6.75. The van der Waals surface area contributed by atoms with E-state index in [1.165, 1.54) is 38.8 Å². The molecule has 1 aromatic carbocycles. The Labute approximate surface area is 227 Å². The van der Waals surface area contributed by atoms with Crippen molar-refractivity contribution in [1.29, 1.82) is 0 Å². The van der Waals surface area contributed by atoms with E-state index in [0.717, 1.165) is 11.1 Å². The van der Waals surface area contributed by atoms with Crippen molar-refractivity contribution in [1.82, 2.24) is 20.3 Å². The number of benzene rings is 1. The molecule has 0 spiro atoms. The lowest BCUT2D eigenvalue weighted by Gasteiger charge is -2.09.